The average Bonchev–Trinajstić information content (AvgIpc) is 3.17. The van der Waals surface area contributed by atoms with E-state index in [9.17, 15) is 0 Å². The summed E-state index contributed by atoms with van der Waals surface area (Å²) in [6.45, 7) is 0. The van der Waals surface area contributed by atoms with Crippen LogP contribution >= 0.6 is 23.2 Å². The van der Waals surface area contributed by atoms with Gasteiger partial charge in [-0.15, -0.1) is 0 Å². The third-order valence-corrected chi connectivity index (χ3v) is 9.04. The fraction of sp³-hybridized carbons (Fsp3) is 0. The Bertz CT molecular complexity index is 1960. The molecule has 0 aliphatic carbocycles. The summed E-state index contributed by atoms with van der Waals surface area (Å²) in [6, 6.07) is 62.4. The number of para-hydroxylation sites is 4. The van der Waals surface area contributed by atoms with Crippen LogP contribution in [0.1, 0.15) is 22.3 Å². The Morgan fingerprint density at radius 2 is 0.560 bits per heavy atom. The first-order valence-electron chi connectivity index (χ1n) is 16.5. The highest BCUT2D eigenvalue weighted by atomic mass is 35.5. The first kappa shape index (κ1) is 32.7. The molecule has 50 heavy (non-hydrogen) atoms. The lowest BCUT2D eigenvalue weighted by atomic mass is 10.1. The van der Waals surface area contributed by atoms with Gasteiger partial charge in [0.1, 0.15) is 0 Å². The lowest BCUT2D eigenvalue weighted by Gasteiger charge is -2.25. The SMILES string of the molecule is Clc1cc(C=Cc2ccc(N(c3ccccc3)c3ccccc3)cc2)c(Cl)cc1C=Cc1ccc(N(c2ccccc2)c2ccccc2)cc1. The Hall–Kier alpha value is -5.80. The van der Waals surface area contributed by atoms with Crippen molar-refractivity contribution in [1.82, 2.24) is 0 Å². The Labute approximate surface area is 304 Å². The molecule has 2 nitrogen and oxygen atoms in total. The molecule has 7 rings (SSSR count). The largest absolute Gasteiger partial charge is 0.311 e. The van der Waals surface area contributed by atoms with Gasteiger partial charge in [0, 0.05) is 44.2 Å². The van der Waals surface area contributed by atoms with E-state index < -0.39 is 0 Å². The minimum absolute atomic E-state index is 0.637. The summed E-state index contributed by atoms with van der Waals surface area (Å²) in [7, 11) is 0. The molecule has 242 valence electrons. The van der Waals surface area contributed by atoms with Crippen molar-refractivity contribution in [3.05, 3.63) is 214 Å². The fourth-order valence-electron chi connectivity index (χ4n) is 5.88. The van der Waals surface area contributed by atoms with Gasteiger partial charge in [-0.1, -0.05) is 145 Å². The molecule has 0 aromatic heterocycles. The monoisotopic (exact) mass is 684 g/mol. The van der Waals surface area contributed by atoms with Gasteiger partial charge < -0.3 is 9.80 Å². The molecule has 4 heteroatoms. The van der Waals surface area contributed by atoms with Gasteiger partial charge >= 0.3 is 0 Å². The minimum Gasteiger partial charge on any atom is -0.311 e. The minimum atomic E-state index is 0.637. The molecule has 0 heterocycles. The molecule has 0 saturated heterocycles. The normalized spacial score (nSPS) is 11.2. The van der Waals surface area contributed by atoms with Crippen LogP contribution in [0.5, 0.6) is 0 Å². The van der Waals surface area contributed by atoms with Crippen molar-refractivity contribution >= 4 is 81.6 Å². The van der Waals surface area contributed by atoms with Gasteiger partial charge in [-0.05, 0) is 107 Å². The summed E-state index contributed by atoms with van der Waals surface area (Å²) in [4.78, 5) is 4.49. The summed E-state index contributed by atoms with van der Waals surface area (Å²) in [5, 5.41) is 1.27. The maximum absolute atomic E-state index is 6.77. The van der Waals surface area contributed by atoms with Crippen molar-refractivity contribution in [1.29, 1.82) is 0 Å². The number of halogens is 2. The van der Waals surface area contributed by atoms with Gasteiger partial charge in [0.25, 0.3) is 0 Å². The summed E-state index contributed by atoms with van der Waals surface area (Å²) in [6.07, 6.45) is 8.13. The molecule has 0 atom stereocenters. The number of hydrogen-bond acceptors (Lipinski definition) is 2. The van der Waals surface area contributed by atoms with Crippen LogP contribution in [0.4, 0.5) is 34.1 Å². The first-order chi connectivity index (χ1) is 24.6. The van der Waals surface area contributed by atoms with E-state index in [1.54, 1.807) is 0 Å². The summed E-state index contributed by atoms with van der Waals surface area (Å²) in [5.41, 5.74) is 10.4. The molecular formula is C46H34Cl2N2. The molecular weight excluding hydrogens is 651 g/mol. The van der Waals surface area contributed by atoms with Crippen molar-refractivity contribution in [2.24, 2.45) is 0 Å². The quantitative estimate of drug-likeness (QED) is 0.132. The lowest BCUT2D eigenvalue weighted by molar-refractivity contribution is 1.28. The number of anilines is 6. The van der Waals surface area contributed by atoms with E-state index in [-0.39, 0.29) is 0 Å². The van der Waals surface area contributed by atoms with Crippen LogP contribution in [0.15, 0.2) is 182 Å². The molecule has 7 aromatic carbocycles. The average molecular weight is 686 g/mol. The highest BCUT2D eigenvalue weighted by molar-refractivity contribution is 6.35. The van der Waals surface area contributed by atoms with Crippen LogP contribution in [0.2, 0.25) is 10.0 Å². The van der Waals surface area contributed by atoms with E-state index in [1.165, 1.54) is 0 Å². The topological polar surface area (TPSA) is 6.48 Å². The van der Waals surface area contributed by atoms with Crippen LogP contribution in [0.3, 0.4) is 0 Å². The van der Waals surface area contributed by atoms with Gasteiger partial charge in [0.2, 0.25) is 0 Å². The molecule has 0 saturated carbocycles. The maximum Gasteiger partial charge on any atom is 0.0485 e. The molecule has 0 fully saturated rings. The highest BCUT2D eigenvalue weighted by Gasteiger charge is 2.13. The molecule has 0 unspecified atom stereocenters. The predicted octanol–water partition coefficient (Wildman–Crippen LogP) is 14.3. The molecule has 0 spiro atoms. The predicted molar refractivity (Wildman–Crippen MR) is 217 cm³/mol. The standard InChI is InChI=1S/C46H34Cl2N2/c47-45-34-38(28-22-36-25-31-44(32-26-36)50(41-17-9-3-10-18-41)42-19-11-4-12-20-42)46(48)33-37(45)27-21-35-23-29-43(30-24-35)49(39-13-5-1-6-14-39)40-15-7-2-8-16-40/h1-34H. The second-order valence-corrected chi connectivity index (χ2v) is 12.6. The molecule has 0 N–H and O–H groups in total. The van der Waals surface area contributed by atoms with Gasteiger partial charge in [-0.25, -0.2) is 0 Å². The van der Waals surface area contributed by atoms with Gasteiger partial charge in [-0.2, -0.15) is 0 Å². The summed E-state index contributed by atoms with van der Waals surface area (Å²) >= 11 is 13.5. The maximum atomic E-state index is 6.77. The van der Waals surface area contributed by atoms with E-state index in [1.807, 2.05) is 48.6 Å². The van der Waals surface area contributed by atoms with Crippen molar-refractivity contribution in [2.45, 2.75) is 0 Å². The van der Waals surface area contributed by atoms with E-state index >= 15 is 0 Å². The Balaban J connectivity index is 1.06. The van der Waals surface area contributed by atoms with Gasteiger partial charge in [0.05, 0.1) is 0 Å². The third kappa shape index (κ3) is 7.74. The molecule has 0 amide bonds. The van der Waals surface area contributed by atoms with Crippen LogP contribution < -0.4 is 9.80 Å². The van der Waals surface area contributed by atoms with E-state index in [0.717, 1.165) is 56.4 Å². The van der Waals surface area contributed by atoms with E-state index in [0.29, 0.717) is 10.0 Å². The van der Waals surface area contributed by atoms with Crippen LogP contribution in [-0.2, 0) is 0 Å². The first-order valence-corrected chi connectivity index (χ1v) is 17.2. The Morgan fingerprint density at radius 3 is 0.840 bits per heavy atom. The number of benzene rings is 7. The van der Waals surface area contributed by atoms with Crippen molar-refractivity contribution < 1.29 is 0 Å². The molecule has 0 bridgehead atoms. The molecule has 0 aliphatic heterocycles. The number of rotatable bonds is 10. The number of nitrogens with zero attached hydrogens (tertiary/aromatic N) is 2. The lowest BCUT2D eigenvalue weighted by Crippen LogP contribution is -2.09. The Morgan fingerprint density at radius 1 is 0.300 bits per heavy atom. The summed E-state index contributed by atoms with van der Waals surface area (Å²) in [5.74, 6) is 0. The fourth-order valence-corrected chi connectivity index (χ4v) is 6.35. The second kappa shape index (κ2) is 15.6. The van der Waals surface area contributed by atoms with Gasteiger partial charge in [-0.3, -0.25) is 0 Å². The van der Waals surface area contributed by atoms with E-state index in [4.69, 9.17) is 23.2 Å². The van der Waals surface area contributed by atoms with Gasteiger partial charge in [0.15, 0.2) is 0 Å². The van der Waals surface area contributed by atoms with Crippen molar-refractivity contribution in [3.63, 3.8) is 0 Å². The zero-order chi connectivity index (χ0) is 34.1. The third-order valence-electron chi connectivity index (χ3n) is 8.39. The summed E-state index contributed by atoms with van der Waals surface area (Å²) < 4.78 is 0. The van der Waals surface area contributed by atoms with Crippen molar-refractivity contribution in [2.75, 3.05) is 9.80 Å². The molecule has 0 aliphatic rings. The molecule has 0 radical (unpaired) electrons. The zero-order valence-corrected chi connectivity index (χ0v) is 28.8. The smallest absolute Gasteiger partial charge is 0.0485 e. The highest BCUT2D eigenvalue weighted by Crippen LogP contribution is 2.36. The second-order valence-electron chi connectivity index (χ2n) is 11.8. The van der Waals surface area contributed by atoms with Crippen LogP contribution in [-0.4, -0.2) is 0 Å². The molecule has 7 aromatic rings. The number of hydrogen-bond donors (Lipinski definition) is 0. The van der Waals surface area contributed by atoms with Crippen LogP contribution in [0, 0.1) is 0 Å². The van der Waals surface area contributed by atoms with Crippen LogP contribution in [0.25, 0.3) is 24.3 Å². The Kier molecular flexibility index (Phi) is 10.2. The zero-order valence-electron chi connectivity index (χ0n) is 27.3. The van der Waals surface area contributed by atoms with E-state index in [2.05, 4.69) is 168 Å². The van der Waals surface area contributed by atoms with Crippen molar-refractivity contribution in [3.8, 4) is 0 Å².